The summed E-state index contributed by atoms with van der Waals surface area (Å²) in [6.45, 7) is 9.36. The Balaban J connectivity index is 1.68. The summed E-state index contributed by atoms with van der Waals surface area (Å²) in [5, 5.41) is 11.3. The number of hydrogen-bond acceptors (Lipinski definition) is 4. The van der Waals surface area contributed by atoms with Crippen molar-refractivity contribution in [3.05, 3.63) is 70.0 Å². The second-order valence-electron chi connectivity index (χ2n) is 10.0. The minimum absolute atomic E-state index is 0.00554. The van der Waals surface area contributed by atoms with Crippen molar-refractivity contribution in [3.8, 4) is 6.07 Å². The van der Waals surface area contributed by atoms with Crippen molar-refractivity contribution in [2.75, 3.05) is 13.1 Å². The highest BCUT2D eigenvalue weighted by Gasteiger charge is 2.30. The van der Waals surface area contributed by atoms with E-state index in [1.54, 1.807) is 6.08 Å². The molecule has 186 valence electrons. The lowest BCUT2D eigenvalue weighted by Crippen LogP contribution is -2.47. The maximum Gasteiger partial charge on any atom is 0.246 e. The van der Waals surface area contributed by atoms with Crippen LogP contribution in [0.1, 0.15) is 73.8 Å². The van der Waals surface area contributed by atoms with Crippen molar-refractivity contribution in [2.24, 2.45) is 0 Å². The van der Waals surface area contributed by atoms with Crippen LogP contribution >= 0.6 is 0 Å². The lowest BCUT2D eigenvalue weighted by atomic mass is 10.0. The standard InChI is InChI=1S/C30H34N4O2/c1-5-21-15-23(6-2)32-30-29(21)25(16-31)27(13-14-28(35)33-17-19(3)36-20(4)18-33)34(30)26-12-11-22-9-7-8-10-24(22)26/h7-10,13-15,19-20,26H,5-6,11-12,17-18H2,1-4H3/b14-13+. The fraction of sp³-hybridized carbons (Fsp3) is 0.433. The van der Waals surface area contributed by atoms with Gasteiger partial charge in [0, 0.05) is 30.2 Å². The van der Waals surface area contributed by atoms with Gasteiger partial charge in [0.1, 0.15) is 11.7 Å². The fourth-order valence-electron chi connectivity index (χ4n) is 5.92. The monoisotopic (exact) mass is 482 g/mol. The zero-order chi connectivity index (χ0) is 25.4. The molecule has 3 heterocycles. The molecule has 1 aliphatic heterocycles. The number of rotatable bonds is 5. The summed E-state index contributed by atoms with van der Waals surface area (Å²) in [5.74, 6) is -0.0533. The predicted octanol–water partition coefficient (Wildman–Crippen LogP) is 5.22. The molecule has 36 heavy (non-hydrogen) atoms. The van der Waals surface area contributed by atoms with Gasteiger partial charge in [-0.25, -0.2) is 4.98 Å². The third-order valence-corrected chi connectivity index (χ3v) is 7.51. The van der Waals surface area contributed by atoms with Crippen molar-refractivity contribution in [1.29, 1.82) is 5.26 Å². The summed E-state index contributed by atoms with van der Waals surface area (Å²) in [6, 6.07) is 13.2. The average Bonchev–Trinajstić information content (AvgIpc) is 3.44. The molecule has 1 aliphatic carbocycles. The highest BCUT2D eigenvalue weighted by Crippen LogP contribution is 2.40. The Morgan fingerprint density at radius 3 is 2.64 bits per heavy atom. The third-order valence-electron chi connectivity index (χ3n) is 7.51. The molecule has 0 spiro atoms. The molecule has 2 aromatic heterocycles. The van der Waals surface area contributed by atoms with Crippen LogP contribution in [0, 0.1) is 11.3 Å². The zero-order valence-corrected chi connectivity index (χ0v) is 21.6. The largest absolute Gasteiger partial charge is 0.372 e. The first-order valence-corrected chi connectivity index (χ1v) is 13.1. The van der Waals surface area contributed by atoms with Gasteiger partial charge < -0.3 is 14.2 Å². The molecule has 1 aromatic carbocycles. The Hall–Kier alpha value is -3.43. The maximum absolute atomic E-state index is 13.2. The van der Waals surface area contributed by atoms with Gasteiger partial charge in [-0.15, -0.1) is 0 Å². The number of morpholine rings is 1. The summed E-state index contributed by atoms with van der Waals surface area (Å²) >= 11 is 0. The van der Waals surface area contributed by atoms with E-state index in [9.17, 15) is 10.1 Å². The van der Waals surface area contributed by atoms with E-state index in [0.29, 0.717) is 18.7 Å². The SMILES string of the molecule is CCc1cc(CC)c2c(C#N)c(/C=C/C(=O)N3CC(C)OC(C)C3)n(C3CCc4ccccc43)c2n1. The van der Waals surface area contributed by atoms with Crippen LogP contribution in [0.15, 0.2) is 36.4 Å². The Morgan fingerprint density at radius 2 is 1.94 bits per heavy atom. The molecule has 6 nitrogen and oxygen atoms in total. The summed E-state index contributed by atoms with van der Waals surface area (Å²) in [7, 11) is 0. The number of carbonyl (C=O) groups is 1. The minimum Gasteiger partial charge on any atom is -0.372 e. The average molecular weight is 483 g/mol. The zero-order valence-electron chi connectivity index (χ0n) is 21.6. The van der Waals surface area contributed by atoms with Gasteiger partial charge >= 0.3 is 0 Å². The van der Waals surface area contributed by atoms with Crippen molar-refractivity contribution in [3.63, 3.8) is 0 Å². The molecule has 0 N–H and O–H groups in total. The number of ether oxygens (including phenoxy) is 1. The van der Waals surface area contributed by atoms with Gasteiger partial charge in [-0.2, -0.15) is 5.26 Å². The summed E-state index contributed by atoms with van der Waals surface area (Å²) in [4.78, 5) is 20.1. The first-order chi connectivity index (χ1) is 17.4. The molecule has 1 amide bonds. The number of carbonyl (C=O) groups excluding carboxylic acids is 1. The van der Waals surface area contributed by atoms with Crippen LogP contribution in [0.2, 0.25) is 0 Å². The van der Waals surface area contributed by atoms with Crippen molar-refractivity contribution >= 4 is 23.0 Å². The van der Waals surface area contributed by atoms with E-state index >= 15 is 0 Å². The molecule has 3 atom stereocenters. The van der Waals surface area contributed by atoms with Gasteiger partial charge in [-0.1, -0.05) is 38.1 Å². The van der Waals surface area contributed by atoms with Crippen LogP contribution in [-0.2, 0) is 28.8 Å². The summed E-state index contributed by atoms with van der Waals surface area (Å²) in [5.41, 5.74) is 7.00. The van der Waals surface area contributed by atoms with Crippen LogP contribution in [0.5, 0.6) is 0 Å². The number of aromatic nitrogens is 2. The summed E-state index contributed by atoms with van der Waals surface area (Å²) < 4.78 is 8.03. The normalized spacial score (nSPS) is 21.8. The lowest BCUT2D eigenvalue weighted by Gasteiger charge is -2.34. The molecule has 5 rings (SSSR count). The molecular weight excluding hydrogens is 448 g/mol. The molecule has 0 bridgehead atoms. The van der Waals surface area contributed by atoms with E-state index in [1.165, 1.54) is 11.1 Å². The second kappa shape index (κ2) is 9.91. The molecule has 0 saturated carbocycles. The van der Waals surface area contributed by atoms with Gasteiger partial charge in [0.15, 0.2) is 0 Å². The van der Waals surface area contributed by atoms with E-state index in [2.05, 4.69) is 54.8 Å². The number of nitrogens with zero attached hydrogens (tertiary/aromatic N) is 4. The smallest absolute Gasteiger partial charge is 0.246 e. The van der Waals surface area contributed by atoms with Crippen LogP contribution in [0.3, 0.4) is 0 Å². The fourth-order valence-corrected chi connectivity index (χ4v) is 5.92. The second-order valence-corrected chi connectivity index (χ2v) is 10.0. The Labute approximate surface area is 213 Å². The molecule has 0 radical (unpaired) electrons. The Kier molecular flexibility index (Phi) is 6.68. The van der Waals surface area contributed by atoms with E-state index in [4.69, 9.17) is 9.72 Å². The molecule has 3 aromatic rings. The van der Waals surface area contributed by atoms with Gasteiger partial charge in [0.05, 0.1) is 29.5 Å². The number of nitriles is 1. The molecule has 1 fully saturated rings. The van der Waals surface area contributed by atoms with Crippen LogP contribution in [0.4, 0.5) is 0 Å². The molecule has 6 heteroatoms. The van der Waals surface area contributed by atoms with Gasteiger partial charge in [-0.3, -0.25) is 4.79 Å². The molecular formula is C30H34N4O2. The highest BCUT2D eigenvalue weighted by molar-refractivity contribution is 5.96. The van der Waals surface area contributed by atoms with Gasteiger partial charge in [-0.05, 0) is 68.4 Å². The minimum atomic E-state index is -0.0533. The lowest BCUT2D eigenvalue weighted by molar-refractivity contribution is -0.137. The van der Waals surface area contributed by atoms with Gasteiger partial charge in [0.25, 0.3) is 0 Å². The van der Waals surface area contributed by atoms with Crippen molar-refractivity contribution < 1.29 is 9.53 Å². The first kappa shape index (κ1) is 24.3. The first-order valence-electron chi connectivity index (χ1n) is 13.1. The van der Waals surface area contributed by atoms with Crippen LogP contribution < -0.4 is 0 Å². The third kappa shape index (κ3) is 4.22. The number of fused-ring (bicyclic) bond motifs is 2. The van der Waals surface area contributed by atoms with Gasteiger partial charge in [0.2, 0.25) is 5.91 Å². The number of amides is 1. The van der Waals surface area contributed by atoms with E-state index in [1.807, 2.05) is 24.8 Å². The highest BCUT2D eigenvalue weighted by atomic mass is 16.5. The molecule has 2 aliphatic rings. The molecule has 1 saturated heterocycles. The van der Waals surface area contributed by atoms with E-state index < -0.39 is 0 Å². The van der Waals surface area contributed by atoms with E-state index in [0.717, 1.165) is 53.7 Å². The molecule has 3 unspecified atom stereocenters. The Morgan fingerprint density at radius 1 is 1.19 bits per heavy atom. The number of aryl methyl sites for hydroxylation is 3. The topological polar surface area (TPSA) is 71.2 Å². The Bertz CT molecular complexity index is 1370. The number of pyridine rings is 1. The van der Waals surface area contributed by atoms with Crippen LogP contribution in [-0.4, -0.2) is 45.7 Å². The van der Waals surface area contributed by atoms with Crippen LogP contribution in [0.25, 0.3) is 17.1 Å². The number of hydrogen-bond donors (Lipinski definition) is 0. The quantitative estimate of drug-likeness (QED) is 0.468. The predicted molar refractivity (Wildman–Crippen MR) is 142 cm³/mol. The summed E-state index contributed by atoms with van der Waals surface area (Å²) in [6.07, 6.45) is 7.06. The maximum atomic E-state index is 13.2. The van der Waals surface area contributed by atoms with Crippen molar-refractivity contribution in [1.82, 2.24) is 14.5 Å². The van der Waals surface area contributed by atoms with E-state index in [-0.39, 0.29) is 24.2 Å². The number of benzene rings is 1. The van der Waals surface area contributed by atoms with Crippen molar-refractivity contribution in [2.45, 2.75) is 71.6 Å².